The minimum atomic E-state index is 0. The van der Waals surface area contributed by atoms with Crippen molar-refractivity contribution >= 4 is 36.4 Å². The molecule has 2 fully saturated rings. The minimum absolute atomic E-state index is 0. The van der Waals surface area contributed by atoms with Crippen molar-refractivity contribution in [1.29, 1.82) is 0 Å². The molecule has 1 saturated carbocycles. The van der Waals surface area contributed by atoms with Crippen molar-refractivity contribution in [2.75, 3.05) is 33.3 Å². The third-order valence-electron chi connectivity index (χ3n) is 4.26. The lowest BCUT2D eigenvalue weighted by Gasteiger charge is -2.36. The number of benzene rings is 1. The lowest BCUT2D eigenvalue weighted by Crippen LogP contribution is -2.45. The molecule has 126 valence electrons. The van der Waals surface area contributed by atoms with E-state index in [2.05, 4.69) is 10.2 Å². The first kappa shape index (κ1) is 19.7. The predicted octanol–water partition coefficient (Wildman–Crippen LogP) is 3.25. The Morgan fingerprint density at radius 2 is 1.91 bits per heavy atom. The van der Waals surface area contributed by atoms with E-state index in [9.17, 15) is 5.11 Å². The average molecular weight is 370 g/mol. The third-order valence-corrected chi connectivity index (χ3v) is 4.56. The summed E-state index contributed by atoms with van der Waals surface area (Å²) in [4.78, 5) is 2.45. The van der Waals surface area contributed by atoms with Crippen molar-refractivity contribution in [2.45, 2.75) is 18.9 Å². The molecule has 0 radical (unpaired) electrons. The topological polar surface area (TPSA) is 44.7 Å². The Bertz CT molecular complexity index is 492. The highest BCUT2D eigenvalue weighted by Gasteiger charge is 2.40. The Hall–Kier alpha value is -0.390. The number of rotatable bonds is 4. The lowest BCUT2D eigenvalue weighted by molar-refractivity contribution is 0.151. The molecule has 4 nitrogen and oxygen atoms in total. The Morgan fingerprint density at radius 3 is 2.45 bits per heavy atom. The summed E-state index contributed by atoms with van der Waals surface area (Å²) in [5.41, 5.74) is 0.865. The zero-order valence-corrected chi connectivity index (χ0v) is 14.9. The Morgan fingerprint density at radius 1 is 1.27 bits per heavy atom. The highest BCUT2D eigenvalue weighted by Crippen LogP contribution is 2.51. The van der Waals surface area contributed by atoms with E-state index in [-0.39, 0.29) is 36.6 Å². The van der Waals surface area contributed by atoms with Gasteiger partial charge in [-0.3, -0.25) is 4.90 Å². The van der Waals surface area contributed by atoms with Crippen LogP contribution in [0, 0.1) is 5.92 Å². The fourth-order valence-electron chi connectivity index (χ4n) is 3.12. The zero-order valence-electron chi connectivity index (χ0n) is 12.5. The van der Waals surface area contributed by atoms with Gasteiger partial charge in [-0.1, -0.05) is 11.6 Å². The molecule has 0 amide bonds. The van der Waals surface area contributed by atoms with Gasteiger partial charge in [0.1, 0.15) is 11.5 Å². The Balaban J connectivity index is 0.00000121. The van der Waals surface area contributed by atoms with E-state index in [1.165, 1.54) is 12.8 Å². The molecule has 7 heteroatoms. The summed E-state index contributed by atoms with van der Waals surface area (Å²) in [5, 5.41) is 14.2. The van der Waals surface area contributed by atoms with Gasteiger partial charge < -0.3 is 15.2 Å². The molecule has 1 aromatic rings. The fourth-order valence-corrected chi connectivity index (χ4v) is 3.28. The molecule has 1 aromatic carbocycles. The standard InChI is InChI=1S/C15H21ClN2O2.2ClH/c1-20-12-5-4-11(16)15(19)13(12)14(10-2-3-10)18-8-6-17-7-9-18;;/h4-5,10,14,17,19H,2-3,6-9H2,1H3;2*1H/t14-;;/m0../s1. The van der Waals surface area contributed by atoms with Crippen molar-refractivity contribution in [3.8, 4) is 11.5 Å². The van der Waals surface area contributed by atoms with Crippen LogP contribution in [0.5, 0.6) is 11.5 Å². The number of aromatic hydroxyl groups is 1. The van der Waals surface area contributed by atoms with Crippen molar-refractivity contribution in [3.05, 3.63) is 22.7 Å². The number of nitrogens with zero attached hydrogens (tertiary/aromatic N) is 1. The first-order valence-corrected chi connectivity index (χ1v) is 7.60. The van der Waals surface area contributed by atoms with Crippen LogP contribution in [-0.2, 0) is 0 Å². The Labute approximate surface area is 149 Å². The largest absolute Gasteiger partial charge is 0.506 e. The lowest BCUT2D eigenvalue weighted by atomic mass is 9.97. The van der Waals surface area contributed by atoms with Gasteiger partial charge in [0.25, 0.3) is 0 Å². The van der Waals surface area contributed by atoms with Crippen LogP contribution in [0.1, 0.15) is 24.4 Å². The van der Waals surface area contributed by atoms with Crippen LogP contribution in [-0.4, -0.2) is 43.3 Å². The van der Waals surface area contributed by atoms with E-state index in [1.54, 1.807) is 13.2 Å². The quantitative estimate of drug-likeness (QED) is 0.855. The first-order chi connectivity index (χ1) is 9.72. The summed E-state index contributed by atoms with van der Waals surface area (Å²) < 4.78 is 5.47. The average Bonchev–Trinajstić information content (AvgIpc) is 3.30. The summed E-state index contributed by atoms with van der Waals surface area (Å²) in [6, 6.07) is 3.77. The van der Waals surface area contributed by atoms with Gasteiger partial charge in [-0.25, -0.2) is 0 Å². The molecule has 2 N–H and O–H groups in total. The molecule has 1 saturated heterocycles. The maximum atomic E-state index is 10.4. The molecule has 1 aliphatic heterocycles. The van der Waals surface area contributed by atoms with E-state index in [0.29, 0.717) is 10.9 Å². The summed E-state index contributed by atoms with van der Waals surface area (Å²) in [5.74, 6) is 1.52. The maximum Gasteiger partial charge on any atom is 0.142 e. The van der Waals surface area contributed by atoms with Gasteiger partial charge in [0.15, 0.2) is 0 Å². The molecule has 0 spiro atoms. The normalized spacial score (nSPS) is 19.7. The number of nitrogens with one attached hydrogen (secondary N) is 1. The number of piperazine rings is 1. The number of phenolic OH excluding ortho intramolecular Hbond substituents is 1. The Kier molecular flexibility index (Phi) is 7.56. The van der Waals surface area contributed by atoms with Gasteiger partial charge in [0.2, 0.25) is 0 Å². The summed E-state index contributed by atoms with van der Waals surface area (Å²) in [6.45, 7) is 3.98. The number of phenols is 1. The van der Waals surface area contributed by atoms with Crippen molar-refractivity contribution < 1.29 is 9.84 Å². The van der Waals surface area contributed by atoms with Crippen LogP contribution < -0.4 is 10.1 Å². The van der Waals surface area contributed by atoms with E-state index < -0.39 is 0 Å². The monoisotopic (exact) mass is 368 g/mol. The second-order valence-electron chi connectivity index (χ2n) is 5.58. The number of halogens is 3. The van der Waals surface area contributed by atoms with Gasteiger partial charge in [-0.15, -0.1) is 24.8 Å². The molecule has 1 atom stereocenters. The first-order valence-electron chi connectivity index (χ1n) is 7.22. The van der Waals surface area contributed by atoms with Crippen molar-refractivity contribution in [1.82, 2.24) is 10.2 Å². The molecule has 1 aliphatic carbocycles. The fraction of sp³-hybridized carbons (Fsp3) is 0.600. The highest BCUT2D eigenvalue weighted by molar-refractivity contribution is 6.32. The van der Waals surface area contributed by atoms with E-state index in [0.717, 1.165) is 37.5 Å². The van der Waals surface area contributed by atoms with Crippen molar-refractivity contribution in [3.63, 3.8) is 0 Å². The van der Waals surface area contributed by atoms with Gasteiger partial charge >= 0.3 is 0 Å². The molecular weight excluding hydrogens is 347 g/mol. The van der Waals surface area contributed by atoms with E-state index in [4.69, 9.17) is 16.3 Å². The number of hydrogen-bond acceptors (Lipinski definition) is 4. The van der Waals surface area contributed by atoms with Gasteiger partial charge in [0, 0.05) is 32.2 Å². The van der Waals surface area contributed by atoms with Crippen LogP contribution in [0.4, 0.5) is 0 Å². The van der Waals surface area contributed by atoms with Crippen LogP contribution >= 0.6 is 36.4 Å². The third kappa shape index (κ3) is 3.92. The maximum absolute atomic E-state index is 10.4. The highest BCUT2D eigenvalue weighted by atomic mass is 35.5. The second-order valence-corrected chi connectivity index (χ2v) is 5.99. The molecule has 22 heavy (non-hydrogen) atoms. The molecule has 0 unspecified atom stereocenters. The summed E-state index contributed by atoms with van der Waals surface area (Å²) >= 11 is 6.11. The van der Waals surface area contributed by atoms with Crippen LogP contribution in [0.3, 0.4) is 0 Å². The minimum Gasteiger partial charge on any atom is -0.506 e. The van der Waals surface area contributed by atoms with Crippen LogP contribution in [0.2, 0.25) is 5.02 Å². The van der Waals surface area contributed by atoms with Crippen LogP contribution in [0.15, 0.2) is 12.1 Å². The summed E-state index contributed by atoms with van der Waals surface area (Å²) in [7, 11) is 1.65. The molecule has 2 aliphatic rings. The van der Waals surface area contributed by atoms with Gasteiger partial charge in [-0.2, -0.15) is 0 Å². The van der Waals surface area contributed by atoms with Crippen LogP contribution in [0.25, 0.3) is 0 Å². The number of hydrogen-bond donors (Lipinski definition) is 2. The molecule has 0 aromatic heterocycles. The summed E-state index contributed by atoms with van der Waals surface area (Å²) in [6.07, 6.45) is 2.42. The molecular formula is C15H23Cl3N2O2. The predicted molar refractivity (Wildman–Crippen MR) is 94.1 cm³/mol. The molecule has 1 heterocycles. The van der Waals surface area contributed by atoms with Crippen molar-refractivity contribution in [2.24, 2.45) is 5.92 Å². The van der Waals surface area contributed by atoms with E-state index >= 15 is 0 Å². The smallest absolute Gasteiger partial charge is 0.142 e. The van der Waals surface area contributed by atoms with E-state index in [1.807, 2.05) is 6.07 Å². The van der Waals surface area contributed by atoms with Gasteiger partial charge in [-0.05, 0) is 30.9 Å². The second kappa shape index (κ2) is 8.46. The SMILES string of the molecule is COc1ccc(Cl)c(O)c1[C@H](C1CC1)N1CCNCC1.Cl.Cl. The number of ether oxygens (including phenoxy) is 1. The molecule has 3 rings (SSSR count). The number of methoxy groups -OCH3 is 1. The van der Waals surface area contributed by atoms with Gasteiger partial charge in [0.05, 0.1) is 17.7 Å². The molecule has 0 bridgehead atoms. The zero-order chi connectivity index (χ0) is 14.1.